The van der Waals surface area contributed by atoms with Gasteiger partial charge >= 0.3 is 5.97 Å². The Morgan fingerprint density at radius 3 is 2.40 bits per heavy atom. The van der Waals surface area contributed by atoms with E-state index in [1.54, 1.807) is 0 Å². The molecule has 0 aliphatic carbocycles. The second kappa shape index (κ2) is 6.81. The fourth-order valence-electron chi connectivity index (χ4n) is 3.39. The van der Waals surface area contributed by atoms with Crippen LogP contribution in [0.4, 0.5) is 0 Å². The van der Waals surface area contributed by atoms with E-state index in [1.807, 2.05) is 51.4 Å². The molecule has 132 valence electrons. The fourth-order valence-corrected chi connectivity index (χ4v) is 3.52. The smallest absolute Gasteiger partial charge is 0.339 e. The predicted molar refractivity (Wildman–Crippen MR) is 101 cm³/mol. The van der Waals surface area contributed by atoms with Crippen molar-refractivity contribution in [1.82, 2.24) is 4.90 Å². The molecule has 3 nitrogen and oxygen atoms in total. The second-order valence-corrected chi connectivity index (χ2v) is 7.65. The predicted octanol–water partition coefficient (Wildman–Crippen LogP) is 4.52. The summed E-state index contributed by atoms with van der Waals surface area (Å²) in [5, 5.41) is 0.681. The number of halogens is 1. The number of benzene rings is 2. The molecule has 0 fully saturated rings. The quantitative estimate of drug-likeness (QED) is 0.753. The van der Waals surface area contributed by atoms with Crippen molar-refractivity contribution in [2.75, 3.05) is 20.6 Å². The van der Waals surface area contributed by atoms with Crippen molar-refractivity contribution in [3.63, 3.8) is 0 Å². The van der Waals surface area contributed by atoms with Crippen LogP contribution in [0, 0.1) is 13.8 Å². The van der Waals surface area contributed by atoms with E-state index in [-0.39, 0.29) is 5.97 Å². The number of hydrogen-bond donors (Lipinski definition) is 0. The van der Waals surface area contributed by atoms with E-state index in [2.05, 4.69) is 17.9 Å². The zero-order valence-electron chi connectivity index (χ0n) is 15.2. The number of hydrogen-bond acceptors (Lipinski definition) is 3. The van der Waals surface area contributed by atoms with E-state index >= 15 is 0 Å². The van der Waals surface area contributed by atoms with Gasteiger partial charge in [0.2, 0.25) is 0 Å². The Bertz CT molecular complexity index is 798. The zero-order valence-corrected chi connectivity index (χ0v) is 16.0. The number of rotatable bonds is 4. The summed E-state index contributed by atoms with van der Waals surface area (Å²) in [6, 6.07) is 11.7. The Balaban J connectivity index is 2.07. The Hall–Kier alpha value is -1.84. The summed E-state index contributed by atoms with van der Waals surface area (Å²) in [4.78, 5) is 14.9. The third-order valence-electron chi connectivity index (χ3n) is 5.04. The first-order valence-corrected chi connectivity index (χ1v) is 8.93. The molecule has 1 aliphatic rings. The average molecular weight is 358 g/mol. The molecule has 25 heavy (non-hydrogen) atoms. The van der Waals surface area contributed by atoms with Crippen LogP contribution in [0.3, 0.4) is 0 Å². The van der Waals surface area contributed by atoms with Gasteiger partial charge in [-0.15, -0.1) is 0 Å². The highest BCUT2D eigenvalue weighted by Crippen LogP contribution is 2.40. The summed E-state index contributed by atoms with van der Waals surface area (Å²) in [6.07, 6.45) is 1.42. The van der Waals surface area contributed by atoms with Gasteiger partial charge in [0.1, 0.15) is 5.60 Å². The molecule has 1 aliphatic heterocycles. The molecule has 0 saturated heterocycles. The van der Waals surface area contributed by atoms with E-state index in [0.717, 1.165) is 29.7 Å². The van der Waals surface area contributed by atoms with Crippen LogP contribution in [0.15, 0.2) is 36.4 Å². The van der Waals surface area contributed by atoms with Crippen LogP contribution in [-0.4, -0.2) is 31.5 Å². The minimum atomic E-state index is -0.652. The number of aryl methyl sites for hydroxylation is 2. The first kappa shape index (κ1) is 18.0. The van der Waals surface area contributed by atoms with Crippen molar-refractivity contribution in [3.8, 4) is 0 Å². The molecule has 3 rings (SSSR count). The number of fused-ring (bicyclic) bond motifs is 1. The lowest BCUT2D eigenvalue weighted by Crippen LogP contribution is -2.41. The van der Waals surface area contributed by atoms with Gasteiger partial charge in [-0.2, -0.15) is 0 Å². The number of cyclic esters (lactones) is 1. The van der Waals surface area contributed by atoms with Crippen LogP contribution >= 0.6 is 11.6 Å². The van der Waals surface area contributed by atoms with Gasteiger partial charge in [0.15, 0.2) is 0 Å². The van der Waals surface area contributed by atoms with Gasteiger partial charge in [-0.1, -0.05) is 29.8 Å². The monoisotopic (exact) mass is 357 g/mol. The van der Waals surface area contributed by atoms with Gasteiger partial charge < -0.3 is 9.64 Å². The van der Waals surface area contributed by atoms with Crippen molar-refractivity contribution < 1.29 is 9.53 Å². The SMILES string of the molecule is Cc1cc2c(cc1C)C(=O)O[C@@](CCN(C)C)(c1ccc(Cl)cc1)C2. The minimum absolute atomic E-state index is 0.238. The van der Waals surface area contributed by atoms with E-state index in [9.17, 15) is 4.79 Å². The van der Waals surface area contributed by atoms with Crippen LogP contribution < -0.4 is 0 Å². The molecule has 0 spiro atoms. The maximum atomic E-state index is 12.8. The van der Waals surface area contributed by atoms with Gasteiger partial charge in [0.25, 0.3) is 0 Å². The Labute approximate surface area is 154 Å². The number of nitrogens with zero attached hydrogens (tertiary/aromatic N) is 1. The maximum absolute atomic E-state index is 12.8. The van der Waals surface area contributed by atoms with E-state index < -0.39 is 5.60 Å². The first-order chi connectivity index (χ1) is 11.8. The Kier molecular flexibility index (Phi) is 4.90. The lowest BCUT2D eigenvalue weighted by Gasteiger charge is -2.39. The zero-order chi connectivity index (χ0) is 18.2. The van der Waals surface area contributed by atoms with Crippen molar-refractivity contribution in [2.45, 2.75) is 32.3 Å². The summed E-state index contributed by atoms with van der Waals surface area (Å²) in [6.45, 7) is 4.94. The molecule has 0 N–H and O–H groups in total. The van der Waals surface area contributed by atoms with Crippen LogP contribution in [0.25, 0.3) is 0 Å². The van der Waals surface area contributed by atoms with Crippen LogP contribution in [0.2, 0.25) is 5.02 Å². The summed E-state index contributed by atoms with van der Waals surface area (Å²) >= 11 is 6.06. The minimum Gasteiger partial charge on any atom is -0.450 e. The molecule has 2 aromatic rings. The van der Waals surface area contributed by atoms with Gasteiger partial charge in [0.05, 0.1) is 5.56 Å². The topological polar surface area (TPSA) is 29.5 Å². The molecule has 0 aromatic heterocycles. The fraction of sp³-hybridized carbons (Fsp3) is 0.381. The molecule has 2 aromatic carbocycles. The normalized spacial score (nSPS) is 19.7. The summed E-state index contributed by atoms with van der Waals surface area (Å²) in [7, 11) is 4.06. The first-order valence-electron chi connectivity index (χ1n) is 8.55. The van der Waals surface area contributed by atoms with E-state index in [1.165, 1.54) is 5.56 Å². The highest BCUT2D eigenvalue weighted by atomic mass is 35.5. The molecular formula is C21H24ClNO2. The third kappa shape index (κ3) is 3.58. The third-order valence-corrected chi connectivity index (χ3v) is 5.29. The van der Waals surface area contributed by atoms with Crippen molar-refractivity contribution in [3.05, 3.63) is 69.2 Å². The van der Waals surface area contributed by atoms with E-state index in [4.69, 9.17) is 16.3 Å². The van der Waals surface area contributed by atoms with Crippen molar-refractivity contribution in [2.24, 2.45) is 0 Å². The highest BCUT2D eigenvalue weighted by molar-refractivity contribution is 6.30. The number of carbonyl (C=O) groups is 1. The molecular weight excluding hydrogens is 334 g/mol. The number of ether oxygens (including phenoxy) is 1. The molecule has 4 heteroatoms. The van der Waals surface area contributed by atoms with Gasteiger partial charge in [-0.3, -0.25) is 0 Å². The largest absolute Gasteiger partial charge is 0.450 e. The van der Waals surface area contributed by atoms with Crippen LogP contribution in [0.1, 0.15) is 39.0 Å². The molecule has 1 heterocycles. The maximum Gasteiger partial charge on any atom is 0.339 e. The highest BCUT2D eigenvalue weighted by Gasteiger charge is 2.41. The molecule has 0 bridgehead atoms. The lowest BCUT2D eigenvalue weighted by atomic mass is 9.80. The molecule has 1 atom stereocenters. The second-order valence-electron chi connectivity index (χ2n) is 7.21. The summed E-state index contributed by atoms with van der Waals surface area (Å²) in [5.41, 5.74) is 4.41. The number of esters is 1. The molecule has 0 amide bonds. The van der Waals surface area contributed by atoms with Crippen molar-refractivity contribution in [1.29, 1.82) is 0 Å². The van der Waals surface area contributed by atoms with Crippen LogP contribution in [-0.2, 0) is 16.8 Å². The van der Waals surface area contributed by atoms with Gasteiger partial charge in [0, 0.05) is 24.4 Å². The van der Waals surface area contributed by atoms with Crippen LogP contribution in [0.5, 0.6) is 0 Å². The number of carbonyl (C=O) groups excluding carboxylic acids is 1. The summed E-state index contributed by atoms with van der Waals surface area (Å²) < 4.78 is 6.06. The summed E-state index contributed by atoms with van der Waals surface area (Å²) in [5.74, 6) is -0.238. The lowest BCUT2D eigenvalue weighted by molar-refractivity contribution is -0.0355. The van der Waals surface area contributed by atoms with Crippen molar-refractivity contribution >= 4 is 17.6 Å². The average Bonchev–Trinajstić information content (AvgIpc) is 2.55. The van der Waals surface area contributed by atoms with E-state index in [0.29, 0.717) is 17.0 Å². The standard InChI is InChI=1S/C21H24ClNO2/c1-14-11-16-13-21(9-10-23(3)4,17-5-7-18(22)8-6-17)25-20(24)19(16)12-15(14)2/h5-8,11-12H,9-10,13H2,1-4H3/t21-/m1/s1. The Morgan fingerprint density at radius 1 is 1.12 bits per heavy atom. The Morgan fingerprint density at radius 2 is 1.76 bits per heavy atom. The molecule has 0 saturated carbocycles. The molecule has 0 unspecified atom stereocenters. The van der Waals surface area contributed by atoms with Gasteiger partial charge in [-0.25, -0.2) is 4.79 Å². The van der Waals surface area contributed by atoms with Gasteiger partial charge in [-0.05, 0) is 68.4 Å². The molecule has 0 radical (unpaired) electrons.